The number of nitrogens with zero attached hydrogens (tertiary/aromatic N) is 4. The van der Waals surface area contributed by atoms with Gasteiger partial charge in [0.15, 0.2) is 11.5 Å². The Morgan fingerprint density at radius 2 is 2.04 bits per heavy atom. The summed E-state index contributed by atoms with van der Waals surface area (Å²) in [6.07, 6.45) is 3.58. The molecule has 1 aliphatic heterocycles. The number of rotatable bonds is 5. The number of piperidine rings is 1. The van der Waals surface area contributed by atoms with E-state index in [0.717, 1.165) is 43.1 Å². The van der Waals surface area contributed by atoms with Crippen molar-refractivity contribution in [2.75, 3.05) is 32.1 Å². The molecule has 8 heteroatoms. The van der Waals surface area contributed by atoms with Crippen LogP contribution in [0.15, 0.2) is 24.4 Å². The van der Waals surface area contributed by atoms with Gasteiger partial charge < -0.3 is 19.7 Å². The van der Waals surface area contributed by atoms with Crippen LogP contribution in [-0.4, -0.2) is 54.4 Å². The maximum absolute atomic E-state index is 11.7. The van der Waals surface area contributed by atoms with E-state index in [1.165, 1.54) is 0 Å². The van der Waals surface area contributed by atoms with Gasteiger partial charge in [-0.2, -0.15) is 0 Å². The summed E-state index contributed by atoms with van der Waals surface area (Å²) < 4.78 is 11.1. The summed E-state index contributed by atoms with van der Waals surface area (Å²) in [4.78, 5) is 18.0. The second kappa shape index (κ2) is 7.99. The van der Waals surface area contributed by atoms with E-state index in [0.29, 0.717) is 11.6 Å². The molecule has 1 N–H and O–H groups in total. The fourth-order valence-electron chi connectivity index (χ4n) is 2.97. The highest BCUT2D eigenvalue weighted by Crippen LogP contribution is 2.24. The van der Waals surface area contributed by atoms with Gasteiger partial charge in [-0.25, -0.2) is 4.98 Å². The average molecular weight is 357 g/mol. The molecular weight excluding hydrogens is 334 g/mol. The predicted octanol–water partition coefficient (Wildman–Crippen LogP) is 1.60. The highest BCUT2D eigenvalue weighted by molar-refractivity contribution is 5.92. The smallest absolute Gasteiger partial charge is 0.271 e. The van der Waals surface area contributed by atoms with Crippen LogP contribution in [0.2, 0.25) is 0 Å². The van der Waals surface area contributed by atoms with Crippen LogP contribution in [0.4, 0.5) is 5.82 Å². The zero-order valence-electron chi connectivity index (χ0n) is 15.2. The Balaban J connectivity index is 1.58. The maximum atomic E-state index is 11.7. The van der Waals surface area contributed by atoms with Crippen molar-refractivity contribution >= 4 is 11.7 Å². The number of nitrogens with one attached hydrogen (secondary N) is 1. The van der Waals surface area contributed by atoms with Gasteiger partial charge in [-0.3, -0.25) is 4.79 Å². The molecule has 2 aromatic heterocycles. The number of amides is 1. The highest BCUT2D eigenvalue weighted by atomic mass is 16.5. The Bertz CT molecular complexity index is 758. The second-order valence-electron chi connectivity index (χ2n) is 6.16. The first-order chi connectivity index (χ1) is 12.6. The van der Waals surface area contributed by atoms with Crippen molar-refractivity contribution in [2.24, 2.45) is 0 Å². The van der Waals surface area contributed by atoms with Gasteiger partial charge in [0.1, 0.15) is 11.9 Å². The van der Waals surface area contributed by atoms with E-state index in [-0.39, 0.29) is 12.0 Å². The van der Waals surface area contributed by atoms with Gasteiger partial charge in [0.2, 0.25) is 5.88 Å². The minimum Gasteiger partial charge on any atom is -0.489 e. The Labute approximate surface area is 152 Å². The molecule has 26 heavy (non-hydrogen) atoms. The van der Waals surface area contributed by atoms with Crippen molar-refractivity contribution in [2.45, 2.75) is 25.9 Å². The number of aryl methyl sites for hydroxylation is 1. The molecule has 3 heterocycles. The molecule has 3 rings (SSSR count). The third kappa shape index (κ3) is 4.01. The molecule has 1 amide bonds. The van der Waals surface area contributed by atoms with E-state index in [2.05, 4.69) is 25.4 Å². The van der Waals surface area contributed by atoms with E-state index in [9.17, 15) is 4.79 Å². The number of aromatic nitrogens is 3. The van der Waals surface area contributed by atoms with Gasteiger partial charge in [0.05, 0.1) is 13.3 Å². The van der Waals surface area contributed by atoms with Crippen LogP contribution in [0, 0.1) is 6.92 Å². The lowest BCUT2D eigenvalue weighted by molar-refractivity contribution is 0.0957. The van der Waals surface area contributed by atoms with E-state index >= 15 is 0 Å². The quantitative estimate of drug-likeness (QED) is 0.869. The molecule has 0 unspecified atom stereocenters. The minimum absolute atomic E-state index is 0.139. The zero-order chi connectivity index (χ0) is 18.5. The van der Waals surface area contributed by atoms with Gasteiger partial charge in [-0.15, -0.1) is 10.2 Å². The molecule has 0 saturated carbocycles. The van der Waals surface area contributed by atoms with Crippen LogP contribution in [0.25, 0.3) is 0 Å². The molecule has 0 bridgehead atoms. The molecule has 0 spiro atoms. The topological polar surface area (TPSA) is 89.5 Å². The Morgan fingerprint density at radius 3 is 2.62 bits per heavy atom. The summed E-state index contributed by atoms with van der Waals surface area (Å²) in [6.45, 7) is 3.59. The lowest BCUT2D eigenvalue weighted by Gasteiger charge is -2.33. The molecule has 1 saturated heterocycles. The fourth-order valence-corrected chi connectivity index (χ4v) is 2.97. The van der Waals surface area contributed by atoms with Gasteiger partial charge in [-0.05, 0) is 24.6 Å². The minimum atomic E-state index is -0.229. The molecular formula is C18H23N5O3. The number of hydrogen-bond donors (Lipinski definition) is 1. The van der Waals surface area contributed by atoms with E-state index < -0.39 is 0 Å². The van der Waals surface area contributed by atoms with Crippen molar-refractivity contribution < 1.29 is 14.3 Å². The molecule has 0 aromatic carbocycles. The summed E-state index contributed by atoms with van der Waals surface area (Å²) in [5, 5.41) is 10.8. The summed E-state index contributed by atoms with van der Waals surface area (Å²) in [5.74, 6) is 1.91. The second-order valence-corrected chi connectivity index (χ2v) is 6.16. The highest BCUT2D eigenvalue weighted by Gasteiger charge is 2.23. The average Bonchev–Trinajstić information content (AvgIpc) is 2.68. The number of anilines is 1. The Kier molecular flexibility index (Phi) is 5.50. The third-order valence-electron chi connectivity index (χ3n) is 4.38. The van der Waals surface area contributed by atoms with Crippen molar-refractivity contribution in [1.82, 2.24) is 20.5 Å². The number of carbonyl (C=O) groups excluding carboxylic acids is 1. The Morgan fingerprint density at radius 1 is 1.27 bits per heavy atom. The van der Waals surface area contributed by atoms with Crippen LogP contribution in [0.1, 0.15) is 28.9 Å². The molecule has 138 valence electrons. The van der Waals surface area contributed by atoms with E-state index in [4.69, 9.17) is 9.47 Å². The molecule has 1 fully saturated rings. The van der Waals surface area contributed by atoms with Crippen LogP contribution in [-0.2, 0) is 0 Å². The van der Waals surface area contributed by atoms with Crippen molar-refractivity contribution in [3.63, 3.8) is 0 Å². The number of ether oxygens (including phenoxy) is 2. The fraction of sp³-hybridized carbons (Fsp3) is 0.444. The predicted molar refractivity (Wildman–Crippen MR) is 96.8 cm³/mol. The van der Waals surface area contributed by atoms with Crippen LogP contribution in [0.3, 0.4) is 0 Å². The molecule has 0 aliphatic carbocycles. The SMILES string of the molecule is CNC(=O)c1cc(C)c(N2CCC(Oc3ccc(OC)nc3)CC2)nn1. The number of methoxy groups -OCH3 is 1. The number of carbonyl (C=O) groups is 1. The van der Waals surface area contributed by atoms with Crippen LogP contribution < -0.4 is 19.7 Å². The molecule has 8 nitrogen and oxygen atoms in total. The standard InChI is InChI=1S/C18H23N5O3/c1-12-10-15(18(24)19-2)21-22-17(12)23-8-6-13(7-9-23)26-14-4-5-16(25-3)20-11-14/h4-5,10-11,13H,6-9H2,1-3H3,(H,19,24). The monoisotopic (exact) mass is 357 g/mol. The first-order valence-electron chi connectivity index (χ1n) is 8.58. The normalized spacial score (nSPS) is 14.8. The number of pyridine rings is 1. The third-order valence-corrected chi connectivity index (χ3v) is 4.38. The van der Waals surface area contributed by atoms with E-state index in [1.54, 1.807) is 32.5 Å². The first kappa shape index (κ1) is 17.9. The van der Waals surface area contributed by atoms with Gasteiger partial charge in [-0.1, -0.05) is 0 Å². The summed E-state index contributed by atoms with van der Waals surface area (Å²) in [5.41, 5.74) is 1.27. The maximum Gasteiger partial charge on any atom is 0.271 e. The van der Waals surface area contributed by atoms with Crippen molar-refractivity contribution in [1.29, 1.82) is 0 Å². The molecule has 2 aromatic rings. The molecule has 0 radical (unpaired) electrons. The molecule has 1 aliphatic rings. The lowest BCUT2D eigenvalue weighted by Crippen LogP contribution is -2.39. The summed E-state index contributed by atoms with van der Waals surface area (Å²) >= 11 is 0. The summed E-state index contributed by atoms with van der Waals surface area (Å²) in [7, 11) is 3.17. The molecule has 0 atom stereocenters. The largest absolute Gasteiger partial charge is 0.489 e. The van der Waals surface area contributed by atoms with Crippen LogP contribution >= 0.6 is 0 Å². The van der Waals surface area contributed by atoms with Gasteiger partial charge in [0, 0.05) is 39.0 Å². The van der Waals surface area contributed by atoms with E-state index in [1.807, 2.05) is 13.0 Å². The first-order valence-corrected chi connectivity index (χ1v) is 8.58. The zero-order valence-corrected chi connectivity index (χ0v) is 15.2. The van der Waals surface area contributed by atoms with Crippen molar-refractivity contribution in [3.05, 3.63) is 35.7 Å². The van der Waals surface area contributed by atoms with Crippen molar-refractivity contribution in [3.8, 4) is 11.6 Å². The van der Waals surface area contributed by atoms with Crippen LogP contribution in [0.5, 0.6) is 11.6 Å². The van der Waals surface area contributed by atoms with Gasteiger partial charge in [0.25, 0.3) is 5.91 Å². The Hall–Kier alpha value is -2.90. The number of hydrogen-bond acceptors (Lipinski definition) is 7. The summed E-state index contributed by atoms with van der Waals surface area (Å²) in [6, 6.07) is 5.43. The van der Waals surface area contributed by atoms with Gasteiger partial charge >= 0.3 is 0 Å². The lowest BCUT2D eigenvalue weighted by atomic mass is 10.1.